The zero-order valence-corrected chi connectivity index (χ0v) is 12.9. The molecule has 3 heterocycles. The van der Waals surface area contributed by atoms with Crippen LogP contribution in [0.15, 0.2) is 16.7 Å². The summed E-state index contributed by atoms with van der Waals surface area (Å²) in [6.07, 6.45) is 2.74. The van der Waals surface area contributed by atoms with Crippen LogP contribution in [0.25, 0.3) is 0 Å². The van der Waals surface area contributed by atoms with Gasteiger partial charge in [0.2, 0.25) is 5.91 Å². The van der Waals surface area contributed by atoms with Crippen LogP contribution in [0.5, 0.6) is 0 Å². The first-order valence-electron chi connectivity index (χ1n) is 7.06. The van der Waals surface area contributed by atoms with E-state index < -0.39 is 23.2 Å². The van der Waals surface area contributed by atoms with Gasteiger partial charge in [-0.25, -0.2) is 8.78 Å². The number of nitrogens with zero attached hydrogens (tertiary/aromatic N) is 2. The molecule has 2 atom stereocenters. The smallest absolute Gasteiger partial charge is 0.271 e. The molecule has 3 aliphatic rings. The average Bonchev–Trinajstić information content (AvgIpc) is 2.77. The van der Waals surface area contributed by atoms with Crippen molar-refractivity contribution in [3.05, 3.63) is 22.4 Å². The van der Waals surface area contributed by atoms with Gasteiger partial charge < -0.3 is 14.2 Å². The molecule has 1 aliphatic carbocycles. The third kappa shape index (κ3) is 1.70. The van der Waals surface area contributed by atoms with E-state index in [1.54, 1.807) is 4.90 Å². The van der Waals surface area contributed by atoms with Crippen molar-refractivity contribution in [1.29, 1.82) is 0 Å². The quantitative estimate of drug-likeness (QED) is 0.769. The molecule has 0 aromatic carbocycles. The van der Waals surface area contributed by atoms with E-state index in [0.29, 0.717) is 13.1 Å². The van der Waals surface area contributed by atoms with Gasteiger partial charge in [-0.05, 0) is 28.4 Å². The van der Waals surface area contributed by atoms with Crippen molar-refractivity contribution >= 4 is 21.8 Å². The van der Waals surface area contributed by atoms with Gasteiger partial charge in [0.1, 0.15) is 5.41 Å². The van der Waals surface area contributed by atoms with Gasteiger partial charge in [-0.2, -0.15) is 0 Å². The van der Waals surface area contributed by atoms with Crippen LogP contribution >= 0.6 is 15.9 Å². The molecular formula is C14H15BrF2N2O2. The molecule has 0 spiro atoms. The summed E-state index contributed by atoms with van der Waals surface area (Å²) >= 11 is 3.41. The largest absolute Gasteiger partial charge is 0.380 e. The second-order valence-corrected chi connectivity index (χ2v) is 7.00. The van der Waals surface area contributed by atoms with Crippen molar-refractivity contribution in [2.24, 2.45) is 11.3 Å². The monoisotopic (exact) mass is 360 g/mol. The Kier molecular flexibility index (Phi) is 2.80. The van der Waals surface area contributed by atoms with Gasteiger partial charge in [0.15, 0.2) is 0 Å². The molecule has 21 heavy (non-hydrogen) atoms. The zero-order valence-electron chi connectivity index (χ0n) is 11.3. The van der Waals surface area contributed by atoms with Crippen molar-refractivity contribution < 1.29 is 18.3 Å². The molecule has 1 amide bonds. The first-order valence-corrected chi connectivity index (χ1v) is 7.85. The van der Waals surface area contributed by atoms with Gasteiger partial charge in [0.05, 0.1) is 25.7 Å². The molecule has 4 nitrogen and oxygen atoms in total. The number of alkyl halides is 2. The Hall–Kier alpha value is -0.950. The maximum absolute atomic E-state index is 14.0. The molecule has 4 rings (SSSR count). The second kappa shape index (κ2) is 4.29. The highest BCUT2D eigenvalue weighted by molar-refractivity contribution is 9.10. The topological polar surface area (TPSA) is 34.5 Å². The highest BCUT2D eigenvalue weighted by atomic mass is 79.9. The number of fused-ring (bicyclic) bond motifs is 2. The summed E-state index contributed by atoms with van der Waals surface area (Å²) in [6, 6.07) is 1.94. The summed E-state index contributed by atoms with van der Waals surface area (Å²) in [5.74, 6) is -4.28. The predicted molar refractivity (Wildman–Crippen MR) is 73.9 cm³/mol. The van der Waals surface area contributed by atoms with Crippen molar-refractivity contribution in [3.63, 3.8) is 0 Å². The van der Waals surface area contributed by atoms with Crippen LogP contribution in [0.2, 0.25) is 0 Å². The van der Waals surface area contributed by atoms with Gasteiger partial charge >= 0.3 is 0 Å². The summed E-state index contributed by atoms with van der Waals surface area (Å²) in [5.41, 5.74) is -0.616. The van der Waals surface area contributed by atoms with Gasteiger partial charge in [0, 0.05) is 29.5 Å². The minimum absolute atomic E-state index is 0.00545. The van der Waals surface area contributed by atoms with E-state index in [1.807, 2.05) is 12.3 Å². The summed E-state index contributed by atoms with van der Waals surface area (Å²) < 4.78 is 36.1. The Balaban J connectivity index is 1.61. The number of ether oxygens (including phenoxy) is 1. The van der Waals surface area contributed by atoms with E-state index in [2.05, 4.69) is 20.5 Å². The van der Waals surface area contributed by atoms with Crippen LogP contribution in [-0.4, -0.2) is 41.1 Å². The normalized spacial score (nSPS) is 33.3. The molecule has 0 radical (unpaired) electrons. The van der Waals surface area contributed by atoms with Gasteiger partial charge in [0.25, 0.3) is 5.92 Å². The Morgan fingerprint density at radius 1 is 1.43 bits per heavy atom. The summed E-state index contributed by atoms with van der Waals surface area (Å²) in [7, 11) is 0. The molecule has 114 valence electrons. The van der Waals surface area contributed by atoms with Crippen LogP contribution in [0.1, 0.15) is 12.1 Å². The molecule has 0 N–H and O–H groups in total. The lowest BCUT2D eigenvalue weighted by Gasteiger charge is -2.25. The second-order valence-electron chi connectivity index (χ2n) is 6.09. The minimum atomic E-state index is -2.91. The van der Waals surface area contributed by atoms with E-state index in [9.17, 15) is 13.6 Å². The lowest BCUT2D eigenvalue weighted by atomic mass is 10.0. The van der Waals surface area contributed by atoms with Crippen molar-refractivity contribution in [1.82, 2.24) is 9.47 Å². The van der Waals surface area contributed by atoms with Crippen LogP contribution < -0.4 is 0 Å². The minimum Gasteiger partial charge on any atom is -0.380 e. The van der Waals surface area contributed by atoms with Crippen molar-refractivity contribution in [3.8, 4) is 0 Å². The number of aryl methyl sites for hydroxylation is 1. The molecule has 1 aromatic heterocycles. The van der Waals surface area contributed by atoms with Gasteiger partial charge in [-0.15, -0.1) is 0 Å². The Morgan fingerprint density at radius 3 is 2.95 bits per heavy atom. The number of hydrogen-bond acceptors (Lipinski definition) is 2. The lowest BCUT2D eigenvalue weighted by Crippen LogP contribution is -2.41. The highest BCUT2D eigenvalue weighted by Gasteiger charge is 2.87. The van der Waals surface area contributed by atoms with E-state index in [4.69, 9.17) is 4.74 Å². The van der Waals surface area contributed by atoms with Crippen LogP contribution in [-0.2, 0) is 22.6 Å². The summed E-state index contributed by atoms with van der Waals surface area (Å²) in [4.78, 5) is 14.3. The fourth-order valence-electron chi connectivity index (χ4n) is 3.69. The predicted octanol–water partition coefficient (Wildman–Crippen LogP) is 2.26. The fraction of sp³-hybridized carbons (Fsp3) is 0.643. The number of rotatable bonds is 1. The van der Waals surface area contributed by atoms with Crippen LogP contribution in [0, 0.1) is 11.3 Å². The number of halogens is 3. The molecule has 2 aliphatic heterocycles. The van der Waals surface area contributed by atoms with Gasteiger partial charge in [-0.3, -0.25) is 4.79 Å². The third-order valence-electron chi connectivity index (χ3n) is 4.96. The zero-order chi connectivity index (χ0) is 14.8. The molecule has 7 heteroatoms. The Labute approximate surface area is 129 Å². The molecule has 1 saturated heterocycles. The Bertz CT molecular complexity index is 618. The van der Waals surface area contributed by atoms with E-state index in [-0.39, 0.29) is 13.2 Å². The number of hydrogen-bond donors (Lipinski definition) is 0. The lowest BCUT2D eigenvalue weighted by molar-refractivity contribution is -0.144. The van der Waals surface area contributed by atoms with E-state index >= 15 is 0 Å². The van der Waals surface area contributed by atoms with Crippen LogP contribution in [0.3, 0.4) is 0 Å². The average molecular weight is 361 g/mol. The molecule has 1 aromatic rings. The van der Waals surface area contributed by atoms with Crippen molar-refractivity contribution in [2.45, 2.75) is 25.4 Å². The molecular weight excluding hydrogens is 346 g/mol. The van der Waals surface area contributed by atoms with E-state index in [0.717, 1.165) is 23.1 Å². The van der Waals surface area contributed by atoms with E-state index in [1.165, 1.54) is 0 Å². The standard InChI is InChI=1S/C14H15BrF2N2O2/c15-9-4-10-6-19(3-1-2-18(10)5-9)12(20)13-8-21-7-11(13)14(13,16)17/h4-5,11H,1-3,6-8H2/t11-,13+/m1/s1. The molecule has 0 bridgehead atoms. The number of carbonyl (C=O) groups excluding carboxylic acids is 1. The first-order chi connectivity index (χ1) is 9.97. The fourth-order valence-corrected chi connectivity index (χ4v) is 4.20. The van der Waals surface area contributed by atoms with Crippen molar-refractivity contribution in [2.75, 3.05) is 19.8 Å². The highest BCUT2D eigenvalue weighted by Crippen LogP contribution is 2.69. The number of carbonyl (C=O) groups is 1. The SMILES string of the molecule is O=C(N1CCCn2cc(Br)cc2C1)[C@]12COC[C@H]1C2(F)F. The molecule has 0 unspecified atom stereocenters. The maximum atomic E-state index is 14.0. The summed E-state index contributed by atoms with van der Waals surface area (Å²) in [5, 5.41) is 0. The van der Waals surface area contributed by atoms with Gasteiger partial charge in [-0.1, -0.05) is 0 Å². The first kappa shape index (κ1) is 13.7. The maximum Gasteiger partial charge on any atom is 0.271 e. The summed E-state index contributed by atoms with van der Waals surface area (Å²) in [6.45, 7) is 1.55. The number of aromatic nitrogens is 1. The Morgan fingerprint density at radius 2 is 2.24 bits per heavy atom. The van der Waals surface area contributed by atoms with Crippen LogP contribution in [0.4, 0.5) is 8.78 Å². The molecule has 1 saturated carbocycles. The third-order valence-corrected chi connectivity index (χ3v) is 5.39. The molecule has 2 fully saturated rings. The number of amides is 1.